The van der Waals surface area contributed by atoms with Crippen LogP contribution in [0.3, 0.4) is 0 Å². The smallest absolute Gasteiger partial charge is 0.340 e. The highest BCUT2D eigenvalue weighted by atomic mass is 16.5. The fourth-order valence-corrected chi connectivity index (χ4v) is 3.75. The van der Waals surface area contributed by atoms with Gasteiger partial charge in [0.2, 0.25) is 11.2 Å². The molecule has 3 N–H and O–H groups in total. The number of carboxylic acids is 1. The van der Waals surface area contributed by atoms with Gasteiger partial charge in [-0.15, -0.1) is 0 Å². The molecule has 0 fully saturated rings. The van der Waals surface area contributed by atoms with E-state index in [2.05, 4.69) is 9.97 Å². The first-order valence-corrected chi connectivity index (χ1v) is 10.4. The van der Waals surface area contributed by atoms with Crippen LogP contribution < -0.4 is 19.6 Å². The van der Waals surface area contributed by atoms with Crippen molar-refractivity contribution in [3.63, 3.8) is 0 Å². The van der Waals surface area contributed by atoms with Crippen LogP contribution in [0.4, 0.5) is 0 Å². The van der Waals surface area contributed by atoms with E-state index >= 15 is 0 Å². The number of aryl methyl sites for hydroxylation is 1. The van der Waals surface area contributed by atoms with Gasteiger partial charge in [-0.1, -0.05) is 12.1 Å². The molecule has 0 saturated heterocycles. The summed E-state index contributed by atoms with van der Waals surface area (Å²) in [5.41, 5.74) is 0.433. The number of imidazole rings is 1. The van der Waals surface area contributed by atoms with Crippen LogP contribution in [0.15, 0.2) is 51.7 Å². The summed E-state index contributed by atoms with van der Waals surface area (Å²) in [6.45, 7) is 1.57. The normalized spacial score (nSPS) is 10.7. The number of ether oxygens (including phenoxy) is 3. The van der Waals surface area contributed by atoms with E-state index in [1.807, 2.05) is 0 Å². The molecule has 0 unspecified atom stereocenters. The van der Waals surface area contributed by atoms with Crippen molar-refractivity contribution in [2.45, 2.75) is 6.92 Å². The first-order chi connectivity index (χ1) is 16.8. The average Bonchev–Trinajstić information content (AvgIpc) is 3.30. The van der Waals surface area contributed by atoms with Crippen molar-refractivity contribution in [3.05, 3.63) is 64.0 Å². The lowest BCUT2D eigenvalue weighted by molar-refractivity contribution is 0.0693. The third-order valence-electron chi connectivity index (χ3n) is 5.33. The molecule has 10 nitrogen and oxygen atoms in total. The number of aromatic nitrogens is 2. The second kappa shape index (κ2) is 9.26. The Morgan fingerprint density at radius 2 is 1.83 bits per heavy atom. The fourth-order valence-electron chi connectivity index (χ4n) is 3.75. The number of rotatable bonds is 7. The van der Waals surface area contributed by atoms with Crippen LogP contribution in [0.25, 0.3) is 34.1 Å². The van der Waals surface area contributed by atoms with Gasteiger partial charge in [-0.25, -0.2) is 9.78 Å². The molecule has 0 saturated carbocycles. The minimum atomic E-state index is -1.26. The van der Waals surface area contributed by atoms with Crippen molar-refractivity contribution in [3.8, 4) is 57.1 Å². The molecule has 0 aliphatic heterocycles. The van der Waals surface area contributed by atoms with Gasteiger partial charge < -0.3 is 33.8 Å². The molecule has 0 aliphatic carbocycles. The standard InChI is InChI=1S/C25H22N2O8/c1-12-10-16(28)21(29)23(35-12)20-19(13-6-5-7-14(11-13)32-2)26-24(27-20)15-8-9-17(33-3)22(34-4)18(15)25(30)31/h5-11,29H,1-4H3,(H,26,27)(H,30,31). The molecular weight excluding hydrogens is 456 g/mol. The maximum absolute atomic E-state index is 12.3. The van der Waals surface area contributed by atoms with Gasteiger partial charge in [-0.05, 0) is 31.2 Å². The minimum absolute atomic E-state index is 0.0170. The summed E-state index contributed by atoms with van der Waals surface area (Å²) in [6, 6.07) is 11.2. The molecule has 10 heteroatoms. The van der Waals surface area contributed by atoms with Crippen LogP contribution in [0.2, 0.25) is 0 Å². The number of carbonyl (C=O) groups is 1. The van der Waals surface area contributed by atoms with Crippen molar-refractivity contribution in [1.29, 1.82) is 0 Å². The molecule has 0 radical (unpaired) electrons. The lowest BCUT2D eigenvalue weighted by Crippen LogP contribution is -2.05. The highest BCUT2D eigenvalue weighted by molar-refractivity contribution is 5.99. The molecule has 2 aromatic heterocycles. The summed E-state index contributed by atoms with van der Waals surface area (Å²) in [7, 11) is 4.25. The predicted octanol–water partition coefficient (Wildman–Crippen LogP) is 4.10. The van der Waals surface area contributed by atoms with Crippen LogP contribution in [0.1, 0.15) is 16.1 Å². The summed E-state index contributed by atoms with van der Waals surface area (Å²) in [4.78, 5) is 32.2. The maximum Gasteiger partial charge on any atom is 0.340 e. The number of aromatic carboxylic acids is 1. The number of hydrogen-bond donors (Lipinski definition) is 3. The van der Waals surface area contributed by atoms with Crippen molar-refractivity contribution in [1.82, 2.24) is 9.97 Å². The molecule has 0 atom stereocenters. The van der Waals surface area contributed by atoms with Crippen molar-refractivity contribution in [2.24, 2.45) is 0 Å². The van der Waals surface area contributed by atoms with Crippen LogP contribution >= 0.6 is 0 Å². The molecule has 35 heavy (non-hydrogen) atoms. The van der Waals surface area contributed by atoms with Crippen LogP contribution in [0.5, 0.6) is 23.0 Å². The molecule has 4 aromatic rings. The zero-order valence-corrected chi connectivity index (χ0v) is 19.3. The lowest BCUT2D eigenvalue weighted by Gasteiger charge is -2.13. The van der Waals surface area contributed by atoms with Crippen molar-refractivity contribution >= 4 is 5.97 Å². The van der Waals surface area contributed by atoms with Crippen LogP contribution in [0, 0.1) is 6.92 Å². The van der Waals surface area contributed by atoms with E-state index in [-0.39, 0.29) is 45.7 Å². The summed E-state index contributed by atoms with van der Waals surface area (Å²) in [6.07, 6.45) is 0. The molecule has 0 amide bonds. The fraction of sp³-hybridized carbons (Fsp3) is 0.160. The lowest BCUT2D eigenvalue weighted by atomic mass is 10.0. The van der Waals surface area contributed by atoms with Gasteiger partial charge in [-0.3, -0.25) is 4.79 Å². The summed E-state index contributed by atoms with van der Waals surface area (Å²) in [5, 5.41) is 20.5. The second-order valence-corrected chi connectivity index (χ2v) is 7.47. The Labute approximate surface area is 199 Å². The first-order valence-electron chi connectivity index (χ1n) is 10.4. The Morgan fingerprint density at radius 1 is 1.06 bits per heavy atom. The van der Waals surface area contributed by atoms with Gasteiger partial charge in [0, 0.05) is 17.2 Å². The third-order valence-corrected chi connectivity index (χ3v) is 5.33. The number of hydrogen-bond acceptors (Lipinski definition) is 8. The molecule has 180 valence electrons. The third kappa shape index (κ3) is 4.17. The Bertz CT molecular complexity index is 1490. The summed E-state index contributed by atoms with van der Waals surface area (Å²) < 4.78 is 21.6. The number of methoxy groups -OCH3 is 3. The summed E-state index contributed by atoms with van der Waals surface area (Å²) >= 11 is 0. The van der Waals surface area contributed by atoms with E-state index in [9.17, 15) is 19.8 Å². The van der Waals surface area contributed by atoms with E-state index < -0.39 is 17.1 Å². The zero-order valence-electron chi connectivity index (χ0n) is 19.3. The van der Waals surface area contributed by atoms with E-state index in [1.165, 1.54) is 27.4 Å². The van der Waals surface area contributed by atoms with Gasteiger partial charge in [0.25, 0.3) is 0 Å². The highest BCUT2D eigenvalue weighted by Gasteiger charge is 2.27. The molecule has 4 rings (SSSR count). The van der Waals surface area contributed by atoms with E-state index in [0.717, 1.165) is 6.07 Å². The van der Waals surface area contributed by atoms with Crippen LogP contribution in [-0.2, 0) is 0 Å². The zero-order chi connectivity index (χ0) is 25.3. The van der Waals surface area contributed by atoms with E-state index in [0.29, 0.717) is 17.0 Å². The number of aromatic amines is 1. The molecule has 0 bridgehead atoms. The predicted molar refractivity (Wildman–Crippen MR) is 126 cm³/mol. The van der Waals surface area contributed by atoms with Crippen molar-refractivity contribution in [2.75, 3.05) is 21.3 Å². The number of benzene rings is 2. The Balaban J connectivity index is 2.06. The maximum atomic E-state index is 12.3. The van der Waals surface area contributed by atoms with Gasteiger partial charge in [-0.2, -0.15) is 0 Å². The monoisotopic (exact) mass is 478 g/mol. The second-order valence-electron chi connectivity index (χ2n) is 7.47. The van der Waals surface area contributed by atoms with Crippen LogP contribution in [-0.4, -0.2) is 47.5 Å². The quantitative estimate of drug-likeness (QED) is 0.357. The van der Waals surface area contributed by atoms with E-state index in [4.69, 9.17) is 18.6 Å². The van der Waals surface area contributed by atoms with Gasteiger partial charge >= 0.3 is 5.97 Å². The molecular formula is C25H22N2O8. The highest BCUT2D eigenvalue weighted by Crippen LogP contribution is 2.41. The number of carboxylic acid groups (broad SMARTS) is 1. The van der Waals surface area contributed by atoms with Gasteiger partial charge in [0.05, 0.1) is 21.3 Å². The first kappa shape index (κ1) is 23.4. The minimum Gasteiger partial charge on any atom is -0.501 e. The van der Waals surface area contributed by atoms with Gasteiger partial charge in [0.15, 0.2) is 17.3 Å². The van der Waals surface area contributed by atoms with Gasteiger partial charge in [0.1, 0.15) is 34.3 Å². The number of H-pyrrole nitrogens is 1. The molecule has 0 spiro atoms. The SMILES string of the molecule is COc1cccc(-c2nc(-c3ccc(OC)c(OC)c3C(=O)O)[nH]c2-c2oc(C)cc(=O)c2O)c1. The topological polar surface area (TPSA) is 144 Å². The molecule has 2 aromatic carbocycles. The van der Waals surface area contributed by atoms with E-state index in [1.54, 1.807) is 37.3 Å². The number of nitrogens with zero attached hydrogens (tertiary/aromatic N) is 1. The Kier molecular flexibility index (Phi) is 6.20. The Hall–Kier alpha value is -4.73. The molecule has 2 heterocycles. The molecule has 0 aliphatic rings. The Morgan fingerprint density at radius 3 is 2.49 bits per heavy atom. The largest absolute Gasteiger partial charge is 0.501 e. The number of nitrogens with one attached hydrogen (secondary N) is 1. The van der Waals surface area contributed by atoms with Crippen molar-refractivity contribution < 1.29 is 33.6 Å². The summed E-state index contributed by atoms with van der Waals surface area (Å²) in [5.74, 6) is -0.803. The number of aromatic hydroxyl groups is 1. The average molecular weight is 478 g/mol.